The van der Waals surface area contributed by atoms with Crippen LogP contribution in [-0.4, -0.2) is 24.1 Å². The number of halogens is 1. The summed E-state index contributed by atoms with van der Waals surface area (Å²) < 4.78 is 5.31. The predicted molar refractivity (Wildman–Crippen MR) is 73.3 cm³/mol. The van der Waals surface area contributed by atoms with E-state index >= 15 is 0 Å². The zero-order valence-corrected chi connectivity index (χ0v) is 11.2. The number of hydrogen-bond acceptors (Lipinski definition) is 4. The minimum absolute atomic E-state index is 0.557. The van der Waals surface area contributed by atoms with Gasteiger partial charge in [-0.25, -0.2) is 9.97 Å². The van der Waals surface area contributed by atoms with Crippen LogP contribution in [0.2, 0.25) is 5.02 Å². The molecule has 0 aliphatic rings. The molecule has 0 radical (unpaired) electrons. The van der Waals surface area contributed by atoms with Crippen molar-refractivity contribution in [3.05, 3.63) is 35.0 Å². The van der Waals surface area contributed by atoms with E-state index in [0.717, 1.165) is 11.5 Å². The molecule has 2 aromatic rings. The average molecular weight is 264 g/mol. The molecular weight excluding hydrogens is 250 g/mol. The van der Waals surface area contributed by atoms with Gasteiger partial charge in [-0.3, -0.25) is 0 Å². The number of methoxy groups -OCH3 is 1. The van der Waals surface area contributed by atoms with E-state index in [1.165, 1.54) is 0 Å². The highest BCUT2D eigenvalue weighted by Crippen LogP contribution is 2.34. The van der Waals surface area contributed by atoms with Gasteiger partial charge in [0.05, 0.1) is 17.7 Å². The van der Waals surface area contributed by atoms with Gasteiger partial charge in [0.15, 0.2) is 5.82 Å². The van der Waals surface area contributed by atoms with Gasteiger partial charge in [0.2, 0.25) is 0 Å². The Hall–Kier alpha value is -1.81. The Kier molecular flexibility index (Phi) is 3.67. The summed E-state index contributed by atoms with van der Waals surface area (Å²) in [5, 5.41) is 3.57. The number of nitrogens with zero attached hydrogens (tertiary/aromatic N) is 2. The van der Waals surface area contributed by atoms with E-state index in [4.69, 9.17) is 16.3 Å². The van der Waals surface area contributed by atoms with Gasteiger partial charge in [0.1, 0.15) is 11.6 Å². The average Bonchev–Trinajstić information content (AvgIpc) is 2.37. The van der Waals surface area contributed by atoms with Crippen molar-refractivity contribution in [2.45, 2.75) is 6.92 Å². The third-order valence-corrected chi connectivity index (χ3v) is 2.84. The monoisotopic (exact) mass is 263 g/mol. The maximum absolute atomic E-state index is 6.21. The number of benzene rings is 1. The second kappa shape index (κ2) is 5.23. The van der Waals surface area contributed by atoms with Crippen LogP contribution in [0, 0.1) is 6.92 Å². The first-order chi connectivity index (χ1) is 8.65. The molecule has 1 aromatic carbocycles. The molecule has 18 heavy (non-hydrogen) atoms. The highest BCUT2D eigenvalue weighted by Gasteiger charge is 2.14. The van der Waals surface area contributed by atoms with Gasteiger partial charge < -0.3 is 10.1 Å². The largest absolute Gasteiger partial charge is 0.496 e. The normalized spacial score (nSPS) is 10.2. The van der Waals surface area contributed by atoms with E-state index in [9.17, 15) is 0 Å². The fraction of sp³-hybridized carbons (Fsp3) is 0.231. The maximum atomic E-state index is 6.21. The molecule has 1 heterocycles. The highest BCUT2D eigenvalue weighted by atomic mass is 35.5. The molecule has 94 valence electrons. The summed E-state index contributed by atoms with van der Waals surface area (Å²) in [6.45, 7) is 1.91. The zero-order chi connectivity index (χ0) is 13.1. The lowest BCUT2D eigenvalue weighted by molar-refractivity contribution is 0.416. The molecule has 0 unspecified atom stereocenters. The molecule has 0 saturated carbocycles. The molecule has 0 amide bonds. The van der Waals surface area contributed by atoms with Gasteiger partial charge in [-0.1, -0.05) is 17.7 Å². The molecule has 5 heteroatoms. The van der Waals surface area contributed by atoms with Crippen LogP contribution >= 0.6 is 11.6 Å². The quantitative estimate of drug-likeness (QED) is 0.924. The van der Waals surface area contributed by atoms with Crippen molar-refractivity contribution in [1.29, 1.82) is 0 Å². The lowest BCUT2D eigenvalue weighted by Gasteiger charge is -2.10. The van der Waals surface area contributed by atoms with E-state index < -0.39 is 0 Å². The third-order valence-electron chi connectivity index (χ3n) is 2.53. The van der Waals surface area contributed by atoms with Crippen LogP contribution in [0.25, 0.3) is 11.4 Å². The number of aryl methyl sites for hydroxylation is 1. The van der Waals surface area contributed by atoms with E-state index in [1.807, 2.05) is 32.2 Å². The van der Waals surface area contributed by atoms with Crippen LogP contribution in [-0.2, 0) is 0 Å². The van der Waals surface area contributed by atoms with Crippen molar-refractivity contribution >= 4 is 17.4 Å². The molecule has 0 atom stereocenters. The molecule has 1 aromatic heterocycles. The minimum atomic E-state index is 0.557. The van der Waals surface area contributed by atoms with Gasteiger partial charge in [-0.2, -0.15) is 0 Å². The highest BCUT2D eigenvalue weighted by molar-refractivity contribution is 6.33. The van der Waals surface area contributed by atoms with E-state index in [-0.39, 0.29) is 0 Å². The molecular formula is C13H14ClN3O. The Balaban J connectivity index is 2.64. The van der Waals surface area contributed by atoms with Crippen molar-refractivity contribution in [1.82, 2.24) is 9.97 Å². The topological polar surface area (TPSA) is 47.0 Å². The number of anilines is 1. The molecule has 0 aliphatic heterocycles. The van der Waals surface area contributed by atoms with Crippen molar-refractivity contribution in [3.8, 4) is 17.1 Å². The summed E-state index contributed by atoms with van der Waals surface area (Å²) >= 11 is 6.21. The van der Waals surface area contributed by atoms with Gasteiger partial charge in [-0.15, -0.1) is 0 Å². The van der Waals surface area contributed by atoms with Crippen molar-refractivity contribution < 1.29 is 4.74 Å². The molecule has 0 spiro atoms. The molecule has 2 rings (SSSR count). The van der Waals surface area contributed by atoms with Crippen LogP contribution in [0.4, 0.5) is 5.82 Å². The molecule has 0 bridgehead atoms. The van der Waals surface area contributed by atoms with Gasteiger partial charge in [0, 0.05) is 18.8 Å². The molecule has 4 nitrogen and oxygen atoms in total. The number of ether oxygens (including phenoxy) is 1. The van der Waals surface area contributed by atoms with Crippen molar-refractivity contribution in [2.75, 3.05) is 19.5 Å². The van der Waals surface area contributed by atoms with Gasteiger partial charge >= 0.3 is 0 Å². The molecule has 1 N–H and O–H groups in total. The first-order valence-corrected chi connectivity index (χ1v) is 5.90. The first-order valence-electron chi connectivity index (χ1n) is 5.52. The summed E-state index contributed by atoms with van der Waals surface area (Å²) in [6, 6.07) is 7.34. The number of nitrogens with one attached hydrogen (secondary N) is 1. The summed E-state index contributed by atoms with van der Waals surface area (Å²) in [6.07, 6.45) is 0. The van der Waals surface area contributed by atoms with Crippen LogP contribution in [0.1, 0.15) is 5.69 Å². The van der Waals surface area contributed by atoms with E-state index in [1.54, 1.807) is 13.2 Å². The number of aromatic nitrogens is 2. The molecule has 0 saturated heterocycles. The van der Waals surface area contributed by atoms with E-state index in [2.05, 4.69) is 15.3 Å². The Morgan fingerprint density at radius 1 is 1.28 bits per heavy atom. The van der Waals surface area contributed by atoms with Crippen molar-refractivity contribution in [3.63, 3.8) is 0 Å². The van der Waals surface area contributed by atoms with Crippen LogP contribution in [0.15, 0.2) is 24.3 Å². The van der Waals surface area contributed by atoms with Gasteiger partial charge in [0.25, 0.3) is 0 Å². The lowest BCUT2D eigenvalue weighted by Crippen LogP contribution is -2.00. The lowest BCUT2D eigenvalue weighted by atomic mass is 10.2. The first kappa shape index (κ1) is 12.6. The van der Waals surface area contributed by atoms with Crippen molar-refractivity contribution in [2.24, 2.45) is 0 Å². The smallest absolute Gasteiger partial charge is 0.167 e. The summed E-state index contributed by atoms with van der Waals surface area (Å²) in [5.74, 6) is 1.97. The van der Waals surface area contributed by atoms with Crippen LogP contribution in [0.5, 0.6) is 5.75 Å². The summed E-state index contributed by atoms with van der Waals surface area (Å²) in [7, 11) is 3.42. The Morgan fingerprint density at radius 2 is 2.06 bits per heavy atom. The predicted octanol–water partition coefficient (Wildman–Crippen LogP) is 3.16. The Morgan fingerprint density at radius 3 is 2.72 bits per heavy atom. The molecule has 0 aliphatic carbocycles. The number of hydrogen-bond donors (Lipinski definition) is 1. The van der Waals surface area contributed by atoms with Crippen LogP contribution < -0.4 is 10.1 Å². The molecule has 0 fully saturated rings. The number of rotatable bonds is 3. The Bertz CT molecular complexity index is 572. The second-order valence-electron chi connectivity index (χ2n) is 3.79. The SMILES string of the molecule is CNc1cc(C)nc(-c2c(Cl)cccc2OC)n1. The fourth-order valence-corrected chi connectivity index (χ4v) is 1.95. The van der Waals surface area contributed by atoms with Gasteiger partial charge in [-0.05, 0) is 19.1 Å². The van der Waals surface area contributed by atoms with Crippen LogP contribution in [0.3, 0.4) is 0 Å². The summed E-state index contributed by atoms with van der Waals surface area (Å²) in [5.41, 5.74) is 1.58. The Labute approximate surface area is 111 Å². The summed E-state index contributed by atoms with van der Waals surface area (Å²) in [4.78, 5) is 8.81. The fourth-order valence-electron chi connectivity index (χ4n) is 1.70. The zero-order valence-electron chi connectivity index (χ0n) is 10.5. The second-order valence-corrected chi connectivity index (χ2v) is 4.19. The standard InChI is InChI=1S/C13H14ClN3O/c1-8-7-11(15-2)17-13(16-8)12-9(14)5-4-6-10(12)18-3/h4-7H,1-3H3,(H,15,16,17). The third kappa shape index (κ3) is 2.38. The van der Waals surface area contributed by atoms with E-state index in [0.29, 0.717) is 22.2 Å². The minimum Gasteiger partial charge on any atom is -0.496 e. The maximum Gasteiger partial charge on any atom is 0.167 e.